The largest absolute Gasteiger partial charge is 0.497 e. The molecule has 0 saturated heterocycles. The van der Waals surface area contributed by atoms with E-state index >= 15 is 0 Å². The average molecular weight is 474 g/mol. The zero-order valence-corrected chi connectivity index (χ0v) is 20.7. The van der Waals surface area contributed by atoms with Gasteiger partial charge in [0.1, 0.15) is 23.4 Å². The Balaban J connectivity index is 1.68. The molecule has 0 aliphatic heterocycles. The first-order valence-electron chi connectivity index (χ1n) is 12.8. The number of rotatable bonds is 7. The first-order valence-corrected chi connectivity index (χ1v) is 12.8. The van der Waals surface area contributed by atoms with Gasteiger partial charge in [0.25, 0.3) is 0 Å². The molecule has 0 bridgehead atoms. The minimum Gasteiger partial charge on any atom is -0.497 e. The SMILES string of the molecule is COc1ccc(-c2nc3ccccc3n2C(C(N)=O)C2CCCCC2C2CC=CCC2)c(OC)c1. The predicted molar refractivity (Wildman–Crippen MR) is 138 cm³/mol. The molecule has 4 unspecified atom stereocenters. The van der Waals surface area contributed by atoms with Gasteiger partial charge in [0.15, 0.2) is 0 Å². The van der Waals surface area contributed by atoms with Crippen LogP contribution in [0.1, 0.15) is 51.0 Å². The van der Waals surface area contributed by atoms with Gasteiger partial charge >= 0.3 is 0 Å². The topological polar surface area (TPSA) is 79.4 Å². The Hall–Kier alpha value is -3.28. The standard InChI is InChI=1S/C29H35N3O3/c1-34-20-16-17-23(26(18-20)35-2)29-31-24-14-8-9-15-25(24)32(29)27(28(30)33)22-13-7-6-12-21(22)19-10-4-3-5-11-19/h3-4,8-9,14-19,21-22,27H,5-7,10-13H2,1-2H3,(H2,30,33). The van der Waals surface area contributed by atoms with Crippen LogP contribution < -0.4 is 15.2 Å². The van der Waals surface area contributed by atoms with E-state index < -0.39 is 6.04 Å². The molecule has 1 aromatic heterocycles. The fourth-order valence-electron chi connectivity index (χ4n) is 6.40. The number of hydrogen-bond donors (Lipinski definition) is 1. The van der Waals surface area contributed by atoms with Crippen molar-refractivity contribution in [3.63, 3.8) is 0 Å². The third-order valence-corrected chi connectivity index (χ3v) is 8.01. The molecule has 4 atom stereocenters. The molecule has 1 heterocycles. The van der Waals surface area contributed by atoms with Crippen molar-refractivity contribution < 1.29 is 14.3 Å². The maximum atomic E-state index is 13.3. The highest BCUT2D eigenvalue weighted by molar-refractivity contribution is 5.87. The Morgan fingerprint density at radius 1 is 1.06 bits per heavy atom. The van der Waals surface area contributed by atoms with Gasteiger partial charge in [-0.25, -0.2) is 4.98 Å². The first kappa shape index (κ1) is 23.5. The molecular formula is C29H35N3O3. The number of benzene rings is 2. The number of nitrogens with two attached hydrogens (primary N) is 1. The van der Waals surface area contributed by atoms with Crippen molar-refractivity contribution in [1.82, 2.24) is 9.55 Å². The van der Waals surface area contributed by atoms with Crippen LogP contribution in [0.15, 0.2) is 54.6 Å². The predicted octanol–water partition coefficient (Wildman–Crippen LogP) is 5.91. The number of fused-ring (bicyclic) bond motifs is 1. The quantitative estimate of drug-likeness (QED) is 0.433. The second kappa shape index (κ2) is 10.1. The number of ether oxygens (including phenoxy) is 2. The summed E-state index contributed by atoms with van der Waals surface area (Å²) in [5, 5.41) is 0. The lowest BCUT2D eigenvalue weighted by molar-refractivity contribution is -0.124. The van der Waals surface area contributed by atoms with Crippen molar-refractivity contribution in [3.05, 3.63) is 54.6 Å². The maximum absolute atomic E-state index is 13.3. The van der Waals surface area contributed by atoms with Crippen LogP contribution in [0.5, 0.6) is 11.5 Å². The average Bonchev–Trinajstić information content (AvgIpc) is 3.28. The maximum Gasteiger partial charge on any atom is 0.240 e. The van der Waals surface area contributed by atoms with Crippen molar-refractivity contribution in [1.29, 1.82) is 0 Å². The van der Waals surface area contributed by atoms with Crippen LogP contribution >= 0.6 is 0 Å². The number of para-hydroxylation sites is 2. The number of carbonyl (C=O) groups excluding carboxylic acids is 1. The molecule has 6 nitrogen and oxygen atoms in total. The minimum absolute atomic E-state index is 0.179. The van der Waals surface area contributed by atoms with Crippen LogP contribution in [-0.4, -0.2) is 29.7 Å². The van der Waals surface area contributed by atoms with Crippen LogP contribution in [0.3, 0.4) is 0 Å². The number of amides is 1. The molecule has 2 N–H and O–H groups in total. The third kappa shape index (κ3) is 4.42. The fraction of sp³-hybridized carbons (Fsp3) is 0.448. The lowest BCUT2D eigenvalue weighted by Crippen LogP contribution is -2.40. The zero-order valence-electron chi connectivity index (χ0n) is 20.7. The van der Waals surface area contributed by atoms with E-state index in [9.17, 15) is 4.79 Å². The van der Waals surface area contributed by atoms with Crippen molar-refractivity contribution >= 4 is 16.9 Å². The van der Waals surface area contributed by atoms with Crippen LogP contribution in [-0.2, 0) is 4.79 Å². The monoisotopic (exact) mass is 473 g/mol. The number of hydrogen-bond acceptors (Lipinski definition) is 4. The number of methoxy groups -OCH3 is 2. The Morgan fingerprint density at radius 2 is 1.89 bits per heavy atom. The van der Waals surface area contributed by atoms with Gasteiger partial charge in [0, 0.05) is 6.07 Å². The Morgan fingerprint density at radius 3 is 2.63 bits per heavy atom. The molecule has 0 spiro atoms. The smallest absolute Gasteiger partial charge is 0.240 e. The number of aromatic nitrogens is 2. The van der Waals surface area contributed by atoms with E-state index in [-0.39, 0.29) is 11.8 Å². The highest BCUT2D eigenvalue weighted by atomic mass is 16.5. The van der Waals surface area contributed by atoms with Crippen molar-refractivity contribution in [2.45, 2.75) is 51.0 Å². The van der Waals surface area contributed by atoms with E-state index in [4.69, 9.17) is 20.2 Å². The summed E-state index contributed by atoms with van der Waals surface area (Å²) in [6, 6.07) is 13.3. The van der Waals surface area contributed by atoms with Crippen LogP contribution in [0.25, 0.3) is 22.4 Å². The fourth-order valence-corrected chi connectivity index (χ4v) is 6.40. The molecule has 2 aliphatic rings. The molecule has 3 aromatic rings. The lowest BCUT2D eigenvalue weighted by atomic mass is 9.66. The molecule has 2 aliphatic carbocycles. The summed E-state index contributed by atoms with van der Waals surface area (Å²) >= 11 is 0. The van der Waals surface area contributed by atoms with Crippen molar-refractivity contribution in [3.8, 4) is 22.9 Å². The van der Waals surface area contributed by atoms with E-state index in [0.717, 1.165) is 48.7 Å². The summed E-state index contributed by atoms with van der Waals surface area (Å²) in [5.41, 5.74) is 8.85. The molecular weight excluding hydrogens is 438 g/mol. The van der Waals surface area contributed by atoms with E-state index in [1.165, 1.54) is 12.8 Å². The molecule has 1 amide bonds. The van der Waals surface area contributed by atoms with Crippen LogP contribution in [0, 0.1) is 17.8 Å². The Kier molecular flexibility index (Phi) is 6.80. The summed E-state index contributed by atoms with van der Waals surface area (Å²) in [5.74, 6) is 3.03. The minimum atomic E-state index is -0.472. The molecule has 0 radical (unpaired) electrons. The van der Waals surface area contributed by atoms with Gasteiger partial charge < -0.3 is 19.8 Å². The molecule has 1 saturated carbocycles. The molecule has 6 heteroatoms. The highest BCUT2D eigenvalue weighted by Crippen LogP contribution is 2.47. The van der Waals surface area contributed by atoms with Gasteiger partial charge in [0.2, 0.25) is 5.91 Å². The molecule has 184 valence electrons. The van der Waals surface area contributed by atoms with E-state index in [1.807, 2.05) is 42.5 Å². The van der Waals surface area contributed by atoms with Gasteiger partial charge in [0.05, 0.1) is 30.8 Å². The highest BCUT2D eigenvalue weighted by Gasteiger charge is 2.41. The second-order valence-corrected chi connectivity index (χ2v) is 9.86. The summed E-state index contributed by atoms with van der Waals surface area (Å²) in [7, 11) is 3.28. The second-order valence-electron chi connectivity index (χ2n) is 9.86. The number of allylic oxidation sites excluding steroid dienone is 2. The number of nitrogens with zero attached hydrogens (tertiary/aromatic N) is 2. The number of carbonyl (C=O) groups is 1. The number of imidazole rings is 1. The summed E-state index contributed by atoms with van der Waals surface area (Å²) in [6.45, 7) is 0. The van der Waals surface area contributed by atoms with Crippen molar-refractivity contribution in [2.24, 2.45) is 23.5 Å². The van der Waals surface area contributed by atoms with Gasteiger partial charge in [-0.1, -0.05) is 37.1 Å². The molecule has 5 rings (SSSR count). The van der Waals surface area contributed by atoms with Gasteiger partial charge in [-0.3, -0.25) is 4.79 Å². The lowest BCUT2D eigenvalue weighted by Gasteiger charge is -2.41. The normalized spacial score (nSPS) is 23.2. The van der Waals surface area contributed by atoms with Crippen molar-refractivity contribution in [2.75, 3.05) is 14.2 Å². The summed E-state index contributed by atoms with van der Waals surface area (Å²) in [6.07, 6.45) is 12.5. The first-order chi connectivity index (χ1) is 17.1. The summed E-state index contributed by atoms with van der Waals surface area (Å²) in [4.78, 5) is 18.3. The van der Waals surface area contributed by atoms with Gasteiger partial charge in [-0.05, 0) is 74.1 Å². The van der Waals surface area contributed by atoms with E-state index in [1.54, 1.807) is 14.2 Å². The zero-order chi connectivity index (χ0) is 24.4. The summed E-state index contributed by atoms with van der Waals surface area (Å²) < 4.78 is 13.3. The van der Waals surface area contributed by atoms with Crippen LogP contribution in [0.2, 0.25) is 0 Å². The molecule has 1 fully saturated rings. The Bertz CT molecular complexity index is 1230. The van der Waals surface area contributed by atoms with E-state index in [0.29, 0.717) is 29.2 Å². The number of primary amides is 1. The molecule has 35 heavy (non-hydrogen) atoms. The van der Waals surface area contributed by atoms with Gasteiger partial charge in [-0.15, -0.1) is 0 Å². The van der Waals surface area contributed by atoms with Gasteiger partial charge in [-0.2, -0.15) is 0 Å². The van der Waals surface area contributed by atoms with Crippen LogP contribution in [0.4, 0.5) is 0 Å². The van der Waals surface area contributed by atoms with E-state index in [2.05, 4.69) is 16.7 Å². The third-order valence-electron chi connectivity index (χ3n) is 8.01. The Labute approximate surface area is 207 Å². The molecule has 2 aromatic carbocycles.